The molecule has 1 atom stereocenters. The molecule has 0 amide bonds. The largest absolute Gasteiger partial charge is 0.480 e. The van der Waals surface area contributed by atoms with Crippen LogP contribution in [-0.4, -0.2) is 46.2 Å². The number of hydrogen-bond acceptors (Lipinski definition) is 4. The lowest BCUT2D eigenvalue weighted by molar-refractivity contribution is -0.140. The summed E-state index contributed by atoms with van der Waals surface area (Å²) >= 11 is 1.33. The third-order valence-corrected chi connectivity index (χ3v) is 5.93. The van der Waals surface area contributed by atoms with Crippen LogP contribution in [0.15, 0.2) is 0 Å². The van der Waals surface area contributed by atoms with E-state index in [0.29, 0.717) is 5.75 Å². The molecule has 15 heavy (non-hydrogen) atoms. The summed E-state index contributed by atoms with van der Waals surface area (Å²) in [4.78, 5) is 10.9. The lowest BCUT2D eigenvalue weighted by Gasteiger charge is -2.28. The van der Waals surface area contributed by atoms with Crippen LogP contribution in [0.3, 0.4) is 0 Å². The van der Waals surface area contributed by atoms with E-state index in [1.54, 1.807) is 20.8 Å². The Labute approximate surface area is 93.9 Å². The van der Waals surface area contributed by atoms with E-state index in [2.05, 4.69) is 0 Å². The van der Waals surface area contributed by atoms with Crippen LogP contribution < -0.4 is 0 Å². The molecule has 1 N–H and O–H groups in total. The normalized spacial score (nSPS) is 24.3. The molecule has 0 aromatic carbocycles. The van der Waals surface area contributed by atoms with Gasteiger partial charge < -0.3 is 5.11 Å². The molecular weight excluding hydrogens is 238 g/mol. The number of hydrogen-bond donors (Lipinski definition) is 1. The fraction of sp³-hybridized carbons (Fsp3) is 0.875. The minimum atomic E-state index is -3.54. The monoisotopic (exact) mass is 253 g/mol. The summed E-state index contributed by atoms with van der Waals surface area (Å²) in [7, 11) is -3.54. The van der Waals surface area contributed by atoms with Gasteiger partial charge in [0.05, 0.1) is 10.6 Å². The second kappa shape index (κ2) is 3.95. The van der Waals surface area contributed by atoms with Gasteiger partial charge in [-0.15, -0.1) is 11.8 Å². The fourth-order valence-corrected chi connectivity index (χ4v) is 4.30. The second-order valence-corrected chi connectivity index (χ2v) is 8.00. The summed E-state index contributed by atoms with van der Waals surface area (Å²) < 4.78 is 24.2. The predicted octanol–water partition coefficient (Wildman–Crippen LogP) is 0.574. The average molecular weight is 253 g/mol. The Hall–Kier alpha value is -0.270. The molecule has 0 unspecified atom stereocenters. The lowest BCUT2D eigenvalue weighted by atomic mass is 10.3. The molecular formula is C8H15NO4S2. The first-order valence-electron chi connectivity index (χ1n) is 4.50. The van der Waals surface area contributed by atoms with Crippen molar-refractivity contribution in [1.29, 1.82) is 0 Å². The fourth-order valence-electron chi connectivity index (χ4n) is 1.21. The van der Waals surface area contributed by atoms with E-state index in [9.17, 15) is 13.2 Å². The Bertz CT molecular complexity index is 357. The van der Waals surface area contributed by atoms with Gasteiger partial charge in [-0.3, -0.25) is 4.79 Å². The van der Waals surface area contributed by atoms with Gasteiger partial charge in [0, 0.05) is 5.75 Å². The number of nitrogens with zero attached hydrogens (tertiary/aromatic N) is 1. The summed E-state index contributed by atoms with van der Waals surface area (Å²) in [6.45, 7) is 4.72. The van der Waals surface area contributed by atoms with Crippen molar-refractivity contribution in [2.45, 2.75) is 31.6 Å². The van der Waals surface area contributed by atoms with E-state index in [-0.39, 0.29) is 5.88 Å². The van der Waals surface area contributed by atoms with Crippen molar-refractivity contribution in [3.05, 3.63) is 0 Å². The first kappa shape index (κ1) is 12.8. The molecule has 7 heteroatoms. The van der Waals surface area contributed by atoms with Crippen molar-refractivity contribution in [2.75, 3.05) is 11.6 Å². The van der Waals surface area contributed by atoms with Gasteiger partial charge in [0.25, 0.3) is 0 Å². The highest BCUT2D eigenvalue weighted by atomic mass is 32.2. The number of sulfonamides is 1. The predicted molar refractivity (Wildman–Crippen MR) is 59.3 cm³/mol. The SMILES string of the molecule is CC(C)(C)S(=O)(=O)N1CSC[C@H]1C(=O)O. The Balaban J connectivity index is 3.03. The lowest BCUT2D eigenvalue weighted by Crippen LogP contribution is -2.48. The van der Waals surface area contributed by atoms with Crippen LogP contribution in [-0.2, 0) is 14.8 Å². The number of carboxylic acids is 1. The standard InChI is InChI=1S/C8H15NO4S2/c1-8(2,3)15(12,13)9-5-14-4-6(9)7(10)11/h6H,4-5H2,1-3H3,(H,10,11)/t6-/m0/s1. The minimum absolute atomic E-state index is 0.233. The quantitative estimate of drug-likeness (QED) is 0.779. The molecule has 1 fully saturated rings. The van der Waals surface area contributed by atoms with Crippen molar-refractivity contribution in [3.8, 4) is 0 Å². The van der Waals surface area contributed by atoms with E-state index in [1.807, 2.05) is 0 Å². The molecule has 0 radical (unpaired) electrons. The number of rotatable bonds is 2. The molecule has 0 spiro atoms. The third kappa shape index (κ3) is 2.29. The van der Waals surface area contributed by atoms with Crippen molar-refractivity contribution in [3.63, 3.8) is 0 Å². The molecule has 1 rings (SSSR count). The number of aliphatic carboxylic acids is 1. The van der Waals surface area contributed by atoms with Gasteiger partial charge in [-0.05, 0) is 20.8 Å². The molecule has 0 bridgehead atoms. The van der Waals surface area contributed by atoms with Gasteiger partial charge in [0.2, 0.25) is 10.0 Å². The maximum absolute atomic E-state index is 12.0. The minimum Gasteiger partial charge on any atom is -0.480 e. The molecule has 1 aliphatic rings. The van der Waals surface area contributed by atoms with E-state index >= 15 is 0 Å². The summed E-state index contributed by atoms with van der Waals surface area (Å²) in [6, 6.07) is -0.917. The smallest absolute Gasteiger partial charge is 0.322 e. The molecule has 1 heterocycles. The van der Waals surface area contributed by atoms with Crippen LogP contribution in [0.25, 0.3) is 0 Å². The molecule has 1 saturated heterocycles. The molecule has 0 aromatic heterocycles. The first-order valence-corrected chi connectivity index (χ1v) is 7.09. The number of carboxylic acid groups (broad SMARTS) is 1. The van der Waals surface area contributed by atoms with Crippen LogP contribution in [0.1, 0.15) is 20.8 Å². The zero-order valence-corrected chi connectivity index (χ0v) is 10.6. The van der Waals surface area contributed by atoms with Gasteiger partial charge in [-0.2, -0.15) is 4.31 Å². The van der Waals surface area contributed by atoms with Gasteiger partial charge in [-0.1, -0.05) is 0 Å². The van der Waals surface area contributed by atoms with Crippen LogP contribution in [0.2, 0.25) is 0 Å². The maximum atomic E-state index is 12.0. The molecule has 0 saturated carbocycles. The van der Waals surface area contributed by atoms with Crippen LogP contribution in [0, 0.1) is 0 Å². The summed E-state index contributed by atoms with van der Waals surface area (Å²) in [5.41, 5.74) is 0. The van der Waals surface area contributed by atoms with E-state index in [4.69, 9.17) is 5.11 Å². The Kier molecular flexibility index (Phi) is 3.37. The van der Waals surface area contributed by atoms with Crippen molar-refractivity contribution in [2.24, 2.45) is 0 Å². The zero-order valence-electron chi connectivity index (χ0n) is 8.93. The second-order valence-electron chi connectivity index (χ2n) is 4.36. The molecule has 1 aliphatic heterocycles. The van der Waals surface area contributed by atoms with Crippen LogP contribution >= 0.6 is 11.8 Å². The summed E-state index contributed by atoms with van der Waals surface area (Å²) in [6.07, 6.45) is 0. The van der Waals surface area contributed by atoms with Crippen molar-refractivity contribution < 1.29 is 18.3 Å². The highest BCUT2D eigenvalue weighted by Gasteiger charge is 2.44. The third-order valence-electron chi connectivity index (χ3n) is 2.21. The first-order chi connectivity index (χ1) is 6.68. The molecule has 0 aromatic rings. The Morgan fingerprint density at radius 2 is 2.00 bits per heavy atom. The van der Waals surface area contributed by atoms with Crippen molar-refractivity contribution >= 4 is 27.8 Å². The Morgan fingerprint density at radius 3 is 2.40 bits per heavy atom. The molecule has 5 nitrogen and oxygen atoms in total. The number of thioether (sulfide) groups is 1. The number of carbonyl (C=O) groups is 1. The highest BCUT2D eigenvalue weighted by molar-refractivity contribution is 8.00. The molecule has 0 aliphatic carbocycles. The zero-order chi connectivity index (χ0) is 11.9. The van der Waals surface area contributed by atoms with Gasteiger partial charge in [-0.25, -0.2) is 8.42 Å². The van der Waals surface area contributed by atoms with Crippen molar-refractivity contribution in [1.82, 2.24) is 4.31 Å². The molecule has 88 valence electrons. The van der Waals surface area contributed by atoms with E-state index in [1.165, 1.54) is 11.8 Å². The van der Waals surface area contributed by atoms with E-state index in [0.717, 1.165) is 4.31 Å². The van der Waals surface area contributed by atoms with Gasteiger partial charge >= 0.3 is 5.97 Å². The van der Waals surface area contributed by atoms with Crippen LogP contribution in [0.5, 0.6) is 0 Å². The van der Waals surface area contributed by atoms with Crippen LogP contribution in [0.4, 0.5) is 0 Å². The van der Waals surface area contributed by atoms with E-state index < -0.39 is 26.8 Å². The summed E-state index contributed by atoms with van der Waals surface area (Å²) in [5, 5.41) is 8.89. The Morgan fingerprint density at radius 1 is 1.47 bits per heavy atom. The average Bonchev–Trinajstić information content (AvgIpc) is 2.48. The van der Waals surface area contributed by atoms with Gasteiger partial charge in [0.1, 0.15) is 6.04 Å². The topological polar surface area (TPSA) is 74.7 Å². The highest BCUT2D eigenvalue weighted by Crippen LogP contribution is 2.30. The summed E-state index contributed by atoms with van der Waals surface area (Å²) in [5.74, 6) is -0.519. The van der Waals surface area contributed by atoms with Gasteiger partial charge in [0.15, 0.2) is 0 Å². The maximum Gasteiger partial charge on any atom is 0.322 e.